The smallest absolute Gasteiger partial charge is 0.0955 e. The van der Waals surface area contributed by atoms with Gasteiger partial charge in [-0.05, 0) is 67.2 Å². The van der Waals surface area contributed by atoms with Crippen molar-refractivity contribution < 1.29 is 8.76 Å². The van der Waals surface area contributed by atoms with Crippen molar-refractivity contribution >= 4 is 22.0 Å². The minimum Gasteiger partial charge on any atom is -0.771 e. The van der Waals surface area contributed by atoms with Crippen molar-refractivity contribution in [2.24, 2.45) is 0 Å². The highest BCUT2D eigenvalue weighted by molar-refractivity contribution is 7.79. The van der Waals surface area contributed by atoms with Gasteiger partial charge >= 0.3 is 0 Å². The monoisotopic (exact) mass is 306 g/mol. The summed E-state index contributed by atoms with van der Waals surface area (Å²) < 4.78 is 22.6. The van der Waals surface area contributed by atoms with Crippen LogP contribution in [0.1, 0.15) is 29.3 Å². The lowest BCUT2D eigenvalue weighted by Gasteiger charge is -2.19. The summed E-state index contributed by atoms with van der Waals surface area (Å²) in [6.07, 6.45) is 5.45. The largest absolute Gasteiger partial charge is 0.771 e. The van der Waals surface area contributed by atoms with Gasteiger partial charge in [0.1, 0.15) is 0 Å². The first-order valence-corrected chi connectivity index (χ1v) is 8.41. The molecule has 6 heteroatoms. The number of fused-ring (bicyclic) bond motifs is 1. The lowest BCUT2D eigenvalue weighted by molar-refractivity contribution is 0.514. The second-order valence-electron chi connectivity index (χ2n) is 5.55. The lowest BCUT2D eigenvalue weighted by Crippen LogP contribution is -2.23. The van der Waals surface area contributed by atoms with Crippen LogP contribution in [0.4, 0.5) is 0 Å². The molecule has 0 amide bonds. The summed E-state index contributed by atoms with van der Waals surface area (Å²) in [5, 5.41) is 6.79. The van der Waals surface area contributed by atoms with Gasteiger partial charge in [0, 0.05) is 23.1 Å². The number of nitrogens with one attached hydrogen (secondary N) is 3. The van der Waals surface area contributed by atoms with Gasteiger partial charge in [0.15, 0.2) is 0 Å². The molecule has 0 spiro atoms. The molecular formula is C15H20N3O2S-. The van der Waals surface area contributed by atoms with Crippen molar-refractivity contribution in [3.8, 4) is 0 Å². The maximum atomic E-state index is 11.3. The van der Waals surface area contributed by atoms with E-state index in [4.69, 9.17) is 0 Å². The number of hydrogen-bond acceptors (Lipinski definition) is 4. The molecule has 1 aliphatic heterocycles. The van der Waals surface area contributed by atoms with Crippen LogP contribution in [0.25, 0.3) is 10.9 Å². The summed E-state index contributed by atoms with van der Waals surface area (Å²) >= 11 is -2.18. The predicted octanol–water partition coefficient (Wildman–Crippen LogP) is 1.56. The van der Waals surface area contributed by atoms with E-state index in [0.717, 1.165) is 29.4 Å². The fourth-order valence-electron chi connectivity index (χ4n) is 3.10. The first-order valence-electron chi connectivity index (χ1n) is 7.27. The molecule has 21 heavy (non-hydrogen) atoms. The molecule has 3 N–H and O–H groups in total. The average Bonchev–Trinajstić information content (AvgIpc) is 3.10. The van der Waals surface area contributed by atoms with E-state index < -0.39 is 16.5 Å². The summed E-state index contributed by atoms with van der Waals surface area (Å²) in [5.41, 5.74) is 3.08. The molecule has 1 aliphatic rings. The first-order chi connectivity index (χ1) is 10.2. The number of rotatable bonds is 5. The quantitative estimate of drug-likeness (QED) is 0.732. The normalized spacial score (nSPS) is 21.7. The Morgan fingerprint density at radius 2 is 2.38 bits per heavy atom. The van der Waals surface area contributed by atoms with Gasteiger partial charge in [-0.2, -0.15) is 0 Å². The average molecular weight is 306 g/mol. The molecule has 1 aromatic heterocycles. The molecule has 1 fully saturated rings. The van der Waals surface area contributed by atoms with Crippen LogP contribution in [0.15, 0.2) is 24.4 Å². The van der Waals surface area contributed by atoms with Crippen molar-refractivity contribution in [1.82, 2.24) is 15.6 Å². The highest BCUT2D eigenvalue weighted by Crippen LogP contribution is 2.26. The third kappa shape index (κ3) is 3.03. The van der Waals surface area contributed by atoms with E-state index in [2.05, 4.69) is 15.6 Å². The highest BCUT2D eigenvalue weighted by Gasteiger charge is 2.17. The Balaban J connectivity index is 1.93. The van der Waals surface area contributed by atoms with E-state index >= 15 is 0 Å². The number of hydrogen-bond donors (Lipinski definition) is 3. The third-order valence-electron chi connectivity index (χ3n) is 4.18. The summed E-state index contributed by atoms with van der Waals surface area (Å²) in [5.74, 6) is 0. The van der Waals surface area contributed by atoms with Crippen LogP contribution in [0.3, 0.4) is 0 Å². The molecule has 5 nitrogen and oxygen atoms in total. The summed E-state index contributed by atoms with van der Waals surface area (Å²) in [6, 6.07) is 6.31. The van der Waals surface area contributed by atoms with Crippen LogP contribution in [-0.4, -0.2) is 33.4 Å². The van der Waals surface area contributed by atoms with Crippen molar-refractivity contribution in [3.05, 3.63) is 35.5 Å². The maximum absolute atomic E-state index is 11.3. The van der Waals surface area contributed by atoms with Crippen molar-refractivity contribution in [1.29, 1.82) is 0 Å². The molecule has 0 bridgehead atoms. The molecular weight excluding hydrogens is 286 g/mol. The van der Waals surface area contributed by atoms with Crippen molar-refractivity contribution in [2.45, 2.75) is 30.7 Å². The van der Waals surface area contributed by atoms with E-state index in [1.807, 2.05) is 24.4 Å². The second-order valence-corrected chi connectivity index (χ2v) is 6.54. The molecule has 114 valence electrons. The Labute approximate surface area is 126 Å². The molecule has 3 rings (SSSR count). The van der Waals surface area contributed by atoms with Gasteiger partial charge in [0.05, 0.1) is 5.37 Å². The Morgan fingerprint density at radius 1 is 1.52 bits per heavy atom. The van der Waals surface area contributed by atoms with Gasteiger partial charge in [0.25, 0.3) is 0 Å². The van der Waals surface area contributed by atoms with Crippen LogP contribution in [0, 0.1) is 0 Å². The maximum Gasteiger partial charge on any atom is 0.0955 e. The SMILES string of the molecule is CNC(c1ccc2[nH]cc(CC3CCCN3)c2c1)S(=O)[O-]. The Kier molecular flexibility index (Phi) is 4.40. The van der Waals surface area contributed by atoms with E-state index in [1.165, 1.54) is 18.4 Å². The highest BCUT2D eigenvalue weighted by atomic mass is 32.2. The minimum absolute atomic E-state index is 0.529. The first kappa shape index (κ1) is 14.7. The Hall–Kier alpha value is -1.21. The summed E-state index contributed by atoms with van der Waals surface area (Å²) in [7, 11) is 1.66. The number of benzene rings is 1. The molecule has 3 unspecified atom stereocenters. The molecule has 2 heterocycles. The summed E-state index contributed by atoms with van der Waals surface area (Å²) in [4.78, 5) is 3.27. The molecule has 2 aromatic rings. The van der Waals surface area contributed by atoms with Crippen LogP contribution in [0.2, 0.25) is 0 Å². The summed E-state index contributed by atoms with van der Waals surface area (Å²) in [6.45, 7) is 1.09. The van der Waals surface area contributed by atoms with Gasteiger partial charge in [-0.15, -0.1) is 0 Å². The lowest BCUT2D eigenvalue weighted by atomic mass is 10.0. The van der Waals surface area contributed by atoms with E-state index in [0.29, 0.717) is 6.04 Å². The van der Waals surface area contributed by atoms with Gasteiger partial charge in [0.2, 0.25) is 0 Å². The molecule has 3 atom stereocenters. The zero-order valence-electron chi connectivity index (χ0n) is 12.0. The van der Waals surface area contributed by atoms with Gasteiger partial charge in [-0.1, -0.05) is 6.07 Å². The van der Waals surface area contributed by atoms with Crippen LogP contribution >= 0.6 is 0 Å². The second kappa shape index (κ2) is 6.27. The van der Waals surface area contributed by atoms with Gasteiger partial charge in [-0.25, -0.2) is 0 Å². The minimum atomic E-state index is -2.18. The van der Waals surface area contributed by atoms with E-state index in [-0.39, 0.29) is 0 Å². The molecule has 0 saturated carbocycles. The fourth-order valence-corrected chi connectivity index (χ4v) is 3.66. The number of aromatic amines is 1. The van der Waals surface area contributed by atoms with Crippen LogP contribution < -0.4 is 10.6 Å². The zero-order chi connectivity index (χ0) is 14.8. The Bertz CT molecular complexity index is 649. The van der Waals surface area contributed by atoms with Gasteiger partial charge < -0.3 is 20.2 Å². The van der Waals surface area contributed by atoms with Crippen LogP contribution in [0.5, 0.6) is 0 Å². The van der Waals surface area contributed by atoms with Gasteiger partial charge in [-0.3, -0.25) is 4.21 Å². The molecule has 1 saturated heterocycles. The molecule has 0 radical (unpaired) electrons. The van der Waals surface area contributed by atoms with E-state index in [1.54, 1.807) is 7.05 Å². The topological polar surface area (TPSA) is 80.0 Å². The zero-order valence-corrected chi connectivity index (χ0v) is 12.8. The van der Waals surface area contributed by atoms with E-state index in [9.17, 15) is 8.76 Å². The predicted molar refractivity (Wildman–Crippen MR) is 83.7 cm³/mol. The van der Waals surface area contributed by atoms with Crippen LogP contribution in [-0.2, 0) is 17.5 Å². The molecule has 1 aromatic carbocycles. The standard InChI is InChI=1S/C15H21N3O2S/c1-16-15(21(19)20)10-4-5-14-13(8-10)11(9-18-14)7-12-3-2-6-17-12/h4-5,8-9,12,15-18H,2-3,6-7H2,1H3,(H,19,20)/p-1. The van der Waals surface area contributed by atoms with Crippen molar-refractivity contribution in [2.75, 3.05) is 13.6 Å². The Morgan fingerprint density at radius 3 is 3.05 bits per heavy atom. The van der Waals surface area contributed by atoms with Crippen molar-refractivity contribution in [3.63, 3.8) is 0 Å². The fraction of sp³-hybridized carbons (Fsp3) is 0.467. The molecule has 0 aliphatic carbocycles. The third-order valence-corrected chi connectivity index (χ3v) is 5.07. The number of aromatic nitrogens is 1. The number of H-pyrrole nitrogens is 1.